The van der Waals surface area contributed by atoms with Crippen molar-refractivity contribution >= 4 is 0 Å². The first kappa shape index (κ1) is 8.08. The monoisotopic (exact) mass is 151 g/mol. The van der Waals surface area contributed by atoms with Crippen molar-refractivity contribution in [3.8, 4) is 5.75 Å². The molecule has 0 heterocycles. The van der Waals surface area contributed by atoms with Crippen molar-refractivity contribution in [2.24, 2.45) is 5.73 Å². The van der Waals surface area contributed by atoms with E-state index in [9.17, 15) is 5.11 Å². The Labute approximate surface area is 66.7 Å². The second kappa shape index (κ2) is 2.93. The van der Waals surface area contributed by atoms with Crippen LogP contribution in [0.1, 0.15) is 16.7 Å². The van der Waals surface area contributed by atoms with Crippen LogP contribution in [0.4, 0.5) is 0 Å². The Kier molecular flexibility index (Phi) is 2.15. The van der Waals surface area contributed by atoms with E-state index in [-0.39, 0.29) is 0 Å². The van der Waals surface area contributed by atoms with Crippen molar-refractivity contribution in [3.63, 3.8) is 0 Å². The number of benzene rings is 1. The van der Waals surface area contributed by atoms with Gasteiger partial charge in [0.05, 0.1) is 0 Å². The van der Waals surface area contributed by atoms with E-state index in [2.05, 4.69) is 0 Å². The number of rotatable bonds is 1. The van der Waals surface area contributed by atoms with Crippen molar-refractivity contribution in [3.05, 3.63) is 28.8 Å². The number of hydrogen-bond acceptors (Lipinski definition) is 2. The number of nitrogens with two attached hydrogens (primary N) is 1. The van der Waals surface area contributed by atoms with E-state index in [1.807, 2.05) is 19.9 Å². The van der Waals surface area contributed by atoms with Crippen LogP contribution in [0.15, 0.2) is 12.1 Å². The van der Waals surface area contributed by atoms with Crippen molar-refractivity contribution in [1.29, 1.82) is 0 Å². The zero-order valence-corrected chi connectivity index (χ0v) is 6.89. The third-order valence-corrected chi connectivity index (χ3v) is 2.09. The van der Waals surface area contributed by atoms with Crippen LogP contribution < -0.4 is 5.73 Å². The molecule has 0 saturated carbocycles. The largest absolute Gasteiger partial charge is 0.508 e. The maximum Gasteiger partial charge on any atom is 0.118 e. The van der Waals surface area contributed by atoms with Gasteiger partial charge in [-0.25, -0.2) is 0 Å². The fourth-order valence-corrected chi connectivity index (χ4v) is 1.08. The van der Waals surface area contributed by atoms with Crippen molar-refractivity contribution in [2.75, 3.05) is 0 Å². The summed E-state index contributed by atoms with van der Waals surface area (Å²) < 4.78 is 0. The minimum absolute atomic E-state index is 0.347. The van der Waals surface area contributed by atoms with Gasteiger partial charge in [-0.3, -0.25) is 0 Å². The van der Waals surface area contributed by atoms with E-state index in [4.69, 9.17) is 5.73 Å². The van der Waals surface area contributed by atoms with Crippen LogP contribution in [0.5, 0.6) is 5.75 Å². The number of phenols is 1. The molecule has 1 aromatic carbocycles. The second-order valence-corrected chi connectivity index (χ2v) is 2.70. The highest BCUT2D eigenvalue weighted by atomic mass is 16.3. The van der Waals surface area contributed by atoms with Gasteiger partial charge in [-0.2, -0.15) is 0 Å². The predicted molar refractivity (Wildman–Crippen MR) is 45.5 cm³/mol. The minimum Gasteiger partial charge on any atom is -0.508 e. The van der Waals surface area contributed by atoms with Crippen LogP contribution >= 0.6 is 0 Å². The first-order valence-electron chi connectivity index (χ1n) is 3.65. The second-order valence-electron chi connectivity index (χ2n) is 2.70. The minimum atomic E-state index is 0.347. The molecule has 3 N–H and O–H groups in total. The van der Waals surface area contributed by atoms with Crippen LogP contribution in [0.2, 0.25) is 0 Å². The normalized spacial score (nSPS) is 10.1. The topological polar surface area (TPSA) is 46.2 Å². The maximum atomic E-state index is 9.28. The molecule has 1 aromatic rings. The fourth-order valence-electron chi connectivity index (χ4n) is 1.08. The molecule has 11 heavy (non-hydrogen) atoms. The van der Waals surface area contributed by atoms with E-state index < -0.39 is 0 Å². The van der Waals surface area contributed by atoms with Crippen LogP contribution in [0.25, 0.3) is 0 Å². The van der Waals surface area contributed by atoms with Gasteiger partial charge < -0.3 is 10.8 Å². The zero-order valence-electron chi connectivity index (χ0n) is 6.89. The summed E-state index contributed by atoms with van der Waals surface area (Å²) in [4.78, 5) is 0. The molecule has 0 fully saturated rings. The molecule has 2 heteroatoms. The van der Waals surface area contributed by atoms with Crippen LogP contribution in [0.3, 0.4) is 0 Å². The first-order chi connectivity index (χ1) is 5.16. The van der Waals surface area contributed by atoms with Crippen molar-refractivity contribution in [2.45, 2.75) is 20.4 Å². The average molecular weight is 151 g/mol. The predicted octanol–water partition coefficient (Wildman–Crippen LogP) is 1.47. The van der Waals surface area contributed by atoms with E-state index in [0.717, 1.165) is 16.7 Å². The molecule has 0 radical (unpaired) electrons. The summed E-state index contributed by atoms with van der Waals surface area (Å²) in [5.74, 6) is 0.347. The molecule has 0 amide bonds. The molecule has 60 valence electrons. The van der Waals surface area contributed by atoms with Gasteiger partial charge >= 0.3 is 0 Å². The molecule has 1 rings (SSSR count). The standard InChI is InChI=1S/C9H13NO/c1-6-7(2)9(11)4-3-8(6)5-10/h3-4,11H,5,10H2,1-2H3. The van der Waals surface area contributed by atoms with Crippen LogP contribution in [0, 0.1) is 13.8 Å². The number of hydrogen-bond donors (Lipinski definition) is 2. The van der Waals surface area contributed by atoms with E-state index in [0.29, 0.717) is 12.3 Å². The number of aromatic hydroxyl groups is 1. The third-order valence-electron chi connectivity index (χ3n) is 2.09. The van der Waals surface area contributed by atoms with Crippen molar-refractivity contribution < 1.29 is 5.11 Å². The summed E-state index contributed by atoms with van der Waals surface area (Å²) in [5, 5.41) is 9.28. The Morgan fingerprint density at radius 1 is 1.27 bits per heavy atom. The van der Waals surface area contributed by atoms with Crippen LogP contribution in [-0.4, -0.2) is 5.11 Å². The molecule has 0 aliphatic heterocycles. The lowest BCUT2D eigenvalue weighted by atomic mass is 10.0. The SMILES string of the molecule is Cc1c(O)ccc(CN)c1C. The molecule has 0 bridgehead atoms. The lowest BCUT2D eigenvalue weighted by Gasteiger charge is -2.07. The van der Waals surface area contributed by atoms with Crippen molar-refractivity contribution in [1.82, 2.24) is 0 Å². The molecular formula is C9H13NO. The van der Waals surface area contributed by atoms with Crippen LogP contribution in [-0.2, 0) is 6.54 Å². The molecule has 0 aromatic heterocycles. The lowest BCUT2D eigenvalue weighted by Crippen LogP contribution is -2.00. The Bertz CT molecular complexity index is 269. The van der Waals surface area contributed by atoms with Gasteiger partial charge in [0.15, 0.2) is 0 Å². The molecule has 0 saturated heterocycles. The van der Waals surface area contributed by atoms with E-state index >= 15 is 0 Å². The summed E-state index contributed by atoms with van der Waals surface area (Å²) in [6.45, 7) is 4.40. The van der Waals surface area contributed by atoms with Gasteiger partial charge in [-0.15, -0.1) is 0 Å². The summed E-state index contributed by atoms with van der Waals surface area (Å²) >= 11 is 0. The molecule has 0 aliphatic carbocycles. The molecule has 0 aliphatic rings. The highest BCUT2D eigenvalue weighted by Crippen LogP contribution is 2.21. The quantitative estimate of drug-likeness (QED) is 0.638. The van der Waals surface area contributed by atoms with E-state index in [1.54, 1.807) is 6.07 Å². The van der Waals surface area contributed by atoms with Gasteiger partial charge in [0.2, 0.25) is 0 Å². The summed E-state index contributed by atoms with van der Waals surface area (Å²) in [5.41, 5.74) is 8.60. The summed E-state index contributed by atoms with van der Waals surface area (Å²) in [7, 11) is 0. The Balaban J connectivity index is 3.25. The third kappa shape index (κ3) is 1.35. The zero-order chi connectivity index (χ0) is 8.43. The Morgan fingerprint density at radius 3 is 2.45 bits per heavy atom. The molecule has 0 unspecified atom stereocenters. The molecule has 0 spiro atoms. The number of phenolic OH excluding ortho intramolecular Hbond substituents is 1. The highest BCUT2D eigenvalue weighted by molar-refractivity contribution is 5.42. The Morgan fingerprint density at radius 2 is 1.91 bits per heavy atom. The molecular weight excluding hydrogens is 138 g/mol. The molecule has 2 nitrogen and oxygen atoms in total. The highest BCUT2D eigenvalue weighted by Gasteiger charge is 2.02. The Hall–Kier alpha value is -1.02. The first-order valence-corrected chi connectivity index (χ1v) is 3.65. The van der Waals surface area contributed by atoms with Gasteiger partial charge in [0.25, 0.3) is 0 Å². The lowest BCUT2D eigenvalue weighted by molar-refractivity contribution is 0.470. The summed E-state index contributed by atoms with van der Waals surface area (Å²) in [6, 6.07) is 3.54. The van der Waals surface area contributed by atoms with Gasteiger partial charge in [-0.05, 0) is 36.6 Å². The average Bonchev–Trinajstić information content (AvgIpc) is 2.01. The van der Waals surface area contributed by atoms with Gasteiger partial charge in [0, 0.05) is 6.54 Å². The fraction of sp³-hybridized carbons (Fsp3) is 0.333. The summed E-state index contributed by atoms with van der Waals surface area (Å²) in [6.07, 6.45) is 0. The molecule has 0 atom stereocenters. The maximum absolute atomic E-state index is 9.28. The van der Waals surface area contributed by atoms with E-state index in [1.165, 1.54) is 0 Å². The van der Waals surface area contributed by atoms with Gasteiger partial charge in [-0.1, -0.05) is 6.07 Å². The smallest absolute Gasteiger partial charge is 0.118 e. The van der Waals surface area contributed by atoms with Gasteiger partial charge in [0.1, 0.15) is 5.75 Å².